The quantitative estimate of drug-likeness (QED) is 0.495. The van der Waals surface area contributed by atoms with Gasteiger partial charge in [0.2, 0.25) is 0 Å². The number of hydrogen-bond donors (Lipinski definition) is 3. The summed E-state index contributed by atoms with van der Waals surface area (Å²) in [4.78, 5) is 0. The minimum atomic E-state index is -4.29. The predicted octanol–water partition coefficient (Wildman–Crippen LogP) is 3.45. The van der Waals surface area contributed by atoms with Crippen molar-refractivity contribution in [2.75, 3.05) is 33.5 Å². The van der Waals surface area contributed by atoms with Crippen molar-refractivity contribution in [2.45, 2.75) is 31.2 Å². The molecule has 1 radical (unpaired) electrons. The first-order chi connectivity index (χ1) is 14.3. The van der Waals surface area contributed by atoms with Crippen molar-refractivity contribution in [3.05, 3.63) is 76.1 Å². The molecule has 169 valence electrons. The molecule has 5 nitrogen and oxygen atoms in total. The van der Waals surface area contributed by atoms with Crippen LogP contribution in [0.2, 0.25) is 0 Å². The number of fused-ring (bicyclic) bond motifs is 1. The maximum atomic E-state index is 12.8. The van der Waals surface area contributed by atoms with E-state index in [-0.39, 0.29) is 45.5 Å². The molecule has 9 heteroatoms. The standard InChI is InChI=1S/C17H15F3N.C5H13NO3.Y/c18-17(19,20)14-6-3-4-12(10-14)11-16-15-7-2-1-5-13(15)8-9-21-16;1-9-3-5(8)2-6-4-7;/h1-7,10,16H,8-9,11H2;5-8H,2-4H2,1H3;/q-1;;. The van der Waals surface area contributed by atoms with Crippen LogP contribution in [-0.2, 0) is 56.5 Å². The van der Waals surface area contributed by atoms with Crippen LogP contribution in [0.1, 0.15) is 28.3 Å². The van der Waals surface area contributed by atoms with Crippen molar-refractivity contribution >= 4 is 0 Å². The predicted molar refractivity (Wildman–Crippen MR) is 109 cm³/mol. The van der Waals surface area contributed by atoms with E-state index in [1.54, 1.807) is 6.07 Å². The second kappa shape index (κ2) is 14.3. The van der Waals surface area contributed by atoms with Gasteiger partial charge >= 0.3 is 6.18 Å². The number of ether oxygens (including phenoxy) is 1. The van der Waals surface area contributed by atoms with E-state index in [4.69, 9.17) is 10.2 Å². The Balaban J connectivity index is 0.000000413. The summed E-state index contributed by atoms with van der Waals surface area (Å²) in [7, 11) is 1.52. The summed E-state index contributed by atoms with van der Waals surface area (Å²) in [5.41, 5.74) is 2.48. The van der Waals surface area contributed by atoms with E-state index >= 15 is 0 Å². The first-order valence-corrected chi connectivity index (χ1v) is 9.74. The number of halogens is 3. The number of rotatable bonds is 7. The van der Waals surface area contributed by atoms with E-state index in [1.807, 2.05) is 18.2 Å². The average molecular weight is 514 g/mol. The van der Waals surface area contributed by atoms with Crippen LogP contribution in [-0.4, -0.2) is 49.9 Å². The van der Waals surface area contributed by atoms with Crippen LogP contribution in [0, 0.1) is 0 Å². The van der Waals surface area contributed by atoms with E-state index in [1.165, 1.54) is 24.8 Å². The Morgan fingerprint density at radius 3 is 2.61 bits per heavy atom. The summed E-state index contributed by atoms with van der Waals surface area (Å²) in [6, 6.07) is 13.5. The summed E-state index contributed by atoms with van der Waals surface area (Å²) >= 11 is 0. The van der Waals surface area contributed by atoms with Crippen molar-refractivity contribution in [3.63, 3.8) is 0 Å². The number of nitrogens with one attached hydrogen (secondary N) is 1. The van der Waals surface area contributed by atoms with Crippen LogP contribution >= 0.6 is 0 Å². The van der Waals surface area contributed by atoms with Gasteiger partial charge in [-0.25, -0.2) is 0 Å². The number of hydrogen-bond acceptors (Lipinski definition) is 4. The molecule has 2 aromatic carbocycles. The molecular weight excluding hydrogens is 486 g/mol. The molecule has 2 unspecified atom stereocenters. The summed E-state index contributed by atoms with van der Waals surface area (Å²) < 4.78 is 42.9. The van der Waals surface area contributed by atoms with Crippen LogP contribution in [0.4, 0.5) is 13.2 Å². The Morgan fingerprint density at radius 1 is 1.19 bits per heavy atom. The zero-order valence-electron chi connectivity index (χ0n) is 17.5. The van der Waals surface area contributed by atoms with Crippen LogP contribution in [0.15, 0.2) is 48.5 Å². The van der Waals surface area contributed by atoms with E-state index in [2.05, 4.69) is 21.4 Å². The molecule has 0 aromatic heterocycles. The largest absolute Gasteiger partial charge is 0.655 e. The summed E-state index contributed by atoms with van der Waals surface area (Å²) in [6.45, 7) is 1.29. The van der Waals surface area contributed by atoms with Crippen molar-refractivity contribution in [1.82, 2.24) is 5.32 Å². The van der Waals surface area contributed by atoms with Crippen molar-refractivity contribution in [1.29, 1.82) is 0 Å². The van der Waals surface area contributed by atoms with Gasteiger partial charge in [0.05, 0.1) is 25.0 Å². The molecule has 0 saturated heterocycles. The van der Waals surface area contributed by atoms with Crippen molar-refractivity contribution in [3.8, 4) is 0 Å². The maximum Gasteiger partial charge on any atom is 0.416 e. The second-order valence-electron chi connectivity index (χ2n) is 6.99. The molecule has 2 atom stereocenters. The molecular formula is C22H28F3N2O3Y-. The van der Waals surface area contributed by atoms with Crippen LogP contribution in [0.5, 0.6) is 0 Å². The third-order valence-electron chi connectivity index (χ3n) is 4.68. The van der Waals surface area contributed by atoms with Gasteiger partial charge in [-0.1, -0.05) is 48.0 Å². The molecule has 1 heterocycles. The fourth-order valence-corrected chi connectivity index (χ4v) is 3.28. The summed E-state index contributed by atoms with van der Waals surface area (Å²) in [5.74, 6) is 0. The maximum absolute atomic E-state index is 12.8. The molecule has 3 rings (SSSR count). The summed E-state index contributed by atoms with van der Waals surface area (Å²) in [5, 5.41) is 24.2. The van der Waals surface area contributed by atoms with Gasteiger partial charge in [-0.2, -0.15) is 13.2 Å². The Kier molecular flexibility index (Phi) is 13.0. The van der Waals surface area contributed by atoms with Crippen LogP contribution in [0.25, 0.3) is 5.32 Å². The van der Waals surface area contributed by atoms with E-state index in [0.717, 1.165) is 24.6 Å². The van der Waals surface area contributed by atoms with Gasteiger partial charge in [0.15, 0.2) is 0 Å². The second-order valence-corrected chi connectivity index (χ2v) is 6.99. The van der Waals surface area contributed by atoms with Gasteiger partial charge in [0.1, 0.15) is 0 Å². The van der Waals surface area contributed by atoms with Gasteiger partial charge in [0.25, 0.3) is 0 Å². The zero-order valence-corrected chi connectivity index (χ0v) is 20.3. The monoisotopic (exact) mass is 514 g/mol. The molecule has 1 aliphatic rings. The summed E-state index contributed by atoms with van der Waals surface area (Å²) in [6.07, 6.45) is -3.39. The van der Waals surface area contributed by atoms with Crippen molar-refractivity contribution in [2.24, 2.45) is 0 Å². The van der Waals surface area contributed by atoms with E-state index in [9.17, 15) is 13.2 Å². The van der Waals surface area contributed by atoms with Gasteiger partial charge < -0.3 is 20.3 Å². The Hall–Kier alpha value is -0.866. The first-order valence-electron chi connectivity index (χ1n) is 9.74. The molecule has 0 amide bonds. The molecule has 31 heavy (non-hydrogen) atoms. The Bertz CT molecular complexity index is 778. The smallest absolute Gasteiger partial charge is 0.416 e. The van der Waals surface area contributed by atoms with Gasteiger partial charge in [-0.15, -0.1) is 12.6 Å². The number of nitrogens with zero attached hydrogens (tertiary/aromatic N) is 1. The SMILES string of the molecule is COCC(O)CNCO.FC(F)(F)c1cccc(CC2[N-]CCc3ccccc32)c1.[Y]. The molecule has 0 saturated carbocycles. The van der Waals surface area contributed by atoms with Crippen LogP contribution < -0.4 is 5.32 Å². The van der Waals surface area contributed by atoms with E-state index < -0.39 is 17.8 Å². The minimum absolute atomic E-state index is 0. The number of benzene rings is 2. The zero-order chi connectivity index (χ0) is 22.0. The fraction of sp³-hybridized carbons (Fsp3) is 0.455. The van der Waals surface area contributed by atoms with E-state index in [0.29, 0.717) is 25.1 Å². The topological polar surface area (TPSA) is 75.8 Å². The third kappa shape index (κ3) is 9.66. The van der Waals surface area contributed by atoms with Crippen LogP contribution in [0.3, 0.4) is 0 Å². The van der Waals surface area contributed by atoms with Gasteiger partial charge in [0, 0.05) is 46.4 Å². The Morgan fingerprint density at radius 2 is 1.94 bits per heavy atom. The number of aliphatic hydroxyl groups is 2. The minimum Gasteiger partial charge on any atom is -0.655 e. The molecule has 2 aromatic rings. The molecule has 0 spiro atoms. The normalized spacial score (nSPS) is 16.4. The fourth-order valence-electron chi connectivity index (χ4n) is 3.28. The van der Waals surface area contributed by atoms with Gasteiger partial charge in [-0.05, 0) is 30.0 Å². The average Bonchev–Trinajstić information content (AvgIpc) is 2.73. The molecule has 0 aliphatic carbocycles. The third-order valence-corrected chi connectivity index (χ3v) is 4.68. The van der Waals surface area contributed by atoms with Gasteiger partial charge in [-0.3, -0.25) is 5.32 Å². The van der Waals surface area contributed by atoms with Crippen molar-refractivity contribution < 1.29 is 60.8 Å². The first kappa shape index (κ1) is 28.2. The number of aliphatic hydroxyl groups excluding tert-OH is 2. The number of alkyl halides is 3. The molecule has 0 bridgehead atoms. The Labute approximate surface area is 206 Å². The molecule has 3 N–H and O–H groups in total. The molecule has 0 fully saturated rings. The molecule has 1 aliphatic heterocycles. The number of methoxy groups -OCH3 is 1.